The molecule has 2 aliphatic rings. The summed E-state index contributed by atoms with van der Waals surface area (Å²) in [6, 6.07) is 0. The molecule has 1 saturated carbocycles. The van der Waals surface area contributed by atoms with Gasteiger partial charge in [-0.15, -0.1) is 0 Å². The highest BCUT2D eigenvalue weighted by Gasteiger charge is 2.44. The van der Waals surface area contributed by atoms with E-state index in [1.54, 1.807) is 7.11 Å². The summed E-state index contributed by atoms with van der Waals surface area (Å²) in [7, 11) is 1.64. The van der Waals surface area contributed by atoms with Crippen molar-refractivity contribution >= 4 is 5.97 Å². The molecule has 1 aliphatic heterocycles. The lowest BCUT2D eigenvalue weighted by molar-refractivity contribution is -0.138. The second-order valence-corrected chi connectivity index (χ2v) is 4.17. The van der Waals surface area contributed by atoms with Gasteiger partial charge in [0, 0.05) is 20.0 Å². The van der Waals surface area contributed by atoms with Crippen LogP contribution in [-0.2, 0) is 14.3 Å². The third-order valence-corrected chi connectivity index (χ3v) is 3.40. The average Bonchev–Trinajstić information content (AvgIpc) is 2.66. The minimum absolute atomic E-state index is 0.110. The minimum atomic E-state index is -0.698. The third kappa shape index (κ3) is 1.77. The van der Waals surface area contributed by atoms with Gasteiger partial charge in [0.1, 0.15) is 0 Å². The molecule has 0 aromatic rings. The number of hydrogen-bond donors (Lipinski definition) is 1. The fraction of sp³-hybridized carbons (Fsp3) is 0.900. The zero-order valence-electron chi connectivity index (χ0n) is 8.31. The molecular formula is C10H16O4. The number of carboxylic acid groups (broad SMARTS) is 1. The number of fused-ring (bicyclic) bond motifs is 1. The second-order valence-electron chi connectivity index (χ2n) is 4.17. The summed E-state index contributed by atoms with van der Waals surface area (Å²) in [6.45, 7) is 0. The van der Waals surface area contributed by atoms with Gasteiger partial charge >= 0.3 is 5.97 Å². The van der Waals surface area contributed by atoms with Crippen molar-refractivity contribution in [2.24, 2.45) is 11.8 Å². The predicted molar refractivity (Wildman–Crippen MR) is 48.8 cm³/mol. The monoisotopic (exact) mass is 200 g/mol. The largest absolute Gasteiger partial charge is 0.481 e. The Kier molecular flexibility index (Phi) is 2.74. The molecule has 14 heavy (non-hydrogen) atoms. The molecule has 0 aromatic carbocycles. The van der Waals surface area contributed by atoms with E-state index in [2.05, 4.69) is 0 Å². The van der Waals surface area contributed by atoms with E-state index in [-0.39, 0.29) is 24.7 Å². The lowest BCUT2D eigenvalue weighted by Crippen LogP contribution is -2.16. The summed E-state index contributed by atoms with van der Waals surface area (Å²) in [5, 5.41) is 8.74. The summed E-state index contributed by atoms with van der Waals surface area (Å²) in [4.78, 5) is 10.6. The lowest BCUT2D eigenvalue weighted by atomic mass is 9.90. The quantitative estimate of drug-likeness (QED) is 0.744. The van der Waals surface area contributed by atoms with Crippen LogP contribution in [0.4, 0.5) is 0 Å². The number of aliphatic carboxylic acids is 1. The van der Waals surface area contributed by atoms with Crippen molar-refractivity contribution in [3.8, 4) is 0 Å². The molecule has 80 valence electrons. The molecule has 1 heterocycles. The molecule has 4 nitrogen and oxygen atoms in total. The summed E-state index contributed by atoms with van der Waals surface area (Å²) in [5.41, 5.74) is 0. The van der Waals surface area contributed by atoms with Crippen LogP contribution in [0.2, 0.25) is 0 Å². The van der Waals surface area contributed by atoms with E-state index in [1.165, 1.54) is 0 Å². The standard InChI is InChI=1S/C10H16O4/c1-13-10-5-7-6(4-9(11)12)2-3-8(7)14-10/h6-8,10H,2-5H2,1H3,(H,11,12). The summed E-state index contributed by atoms with van der Waals surface area (Å²) in [6.07, 6.45) is 3.24. The molecule has 0 bridgehead atoms. The van der Waals surface area contributed by atoms with E-state index < -0.39 is 5.97 Å². The highest BCUT2D eigenvalue weighted by atomic mass is 16.7. The second kappa shape index (κ2) is 3.87. The van der Waals surface area contributed by atoms with Gasteiger partial charge in [-0.3, -0.25) is 4.79 Å². The molecule has 1 saturated heterocycles. The molecule has 0 radical (unpaired) electrons. The Bertz CT molecular complexity index is 228. The molecular weight excluding hydrogens is 184 g/mol. The molecule has 4 heteroatoms. The molecule has 4 unspecified atom stereocenters. The van der Waals surface area contributed by atoms with Crippen LogP contribution in [0.1, 0.15) is 25.7 Å². The van der Waals surface area contributed by atoms with Crippen LogP contribution < -0.4 is 0 Å². The van der Waals surface area contributed by atoms with Gasteiger partial charge in [0.2, 0.25) is 0 Å². The Labute approximate surface area is 83.2 Å². The van der Waals surface area contributed by atoms with Gasteiger partial charge in [-0.2, -0.15) is 0 Å². The maximum absolute atomic E-state index is 10.6. The topological polar surface area (TPSA) is 55.8 Å². The van der Waals surface area contributed by atoms with E-state index in [1.807, 2.05) is 0 Å². The lowest BCUT2D eigenvalue weighted by Gasteiger charge is -2.14. The van der Waals surface area contributed by atoms with Gasteiger partial charge < -0.3 is 14.6 Å². The normalized spacial score (nSPS) is 41.2. The predicted octanol–water partition coefficient (Wildman–Crippen LogP) is 1.25. The van der Waals surface area contributed by atoms with Gasteiger partial charge in [-0.05, 0) is 24.7 Å². The van der Waals surface area contributed by atoms with Crippen LogP contribution in [0.3, 0.4) is 0 Å². The fourth-order valence-electron chi connectivity index (χ4n) is 2.73. The van der Waals surface area contributed by atoms with Gasteiger partial charge in [-0.1, -0.05) is 0 Å². The van der Waals surface area contributed by atoms with Gasteiger partial charge in [0.25, 0.3) is 0 Å². The summed E-state index contributed by atoms with van der Waals surface area (Å²) >= 11 is 0. The number of carboxylic acids is 1. The number of hydrogen-bond acceptors (Lipinski definition) is 3. The number of ether oxygens (including phenoxy) is 2. The highest BCUT2D eigenvalue weighted by molar-refractivity contribution is 5.67. The smallest absolute Gasteiger partial charge is 0.303 e. The maximum atomic E-state index is 10.6. The molecule has 0 amide bonds. The first-order chi connectivity index (χ1) is 6.70. The Balaban J connectivity index is 1.94. The fourth-order valence-corrected chi connectivity index (χ4v) is 2.73. The molecule has 1 aliphatic carbocycles. The maximum Gasteiger partial charge on any atom is 0.303 e. The van der Waals surface area contributed by atoms with Gasteiger partial charge in [0.05, 0.1) is 6.10 Å². The molecule has 2 fully saturated rings. The first kappa shape index (κ1) is 9.93. The van der Waals surface area contributed by atoms with E-state index in [0.29, 0.717) is 5.92 Å². The van der Waals surface area contributed by atoms with Crippen LogP contribution in [0.5, 0.6) is 0 Å². The van der Waals surface area contributed by atoms with Gasteiger partial charge in [0.15, 0.2) is 6.29 Å². The Morgan fingerprint density at radius 2 is 2.36 bits per heavy atom. The first-order valence-electron chi connectivity index (χ1n) is 5.10. The Morgan fingerprint density at radius 3 is 3.00 bits per heavy atom. The average molecular weight is 200 g/mol. The molecule has 0 spiro atoms. The van der Waals surface area contributed by atoms with Crippen LogP contribution >= 0.6 is 0 Å². The van der Waals surface area contributed by atoms with Gasteiger partial charge in [-0.25, -0.2) is 0 Å². The van der Waals surface area contributed by atoms with Crippen LogP contribution in [-0.4, -0.2) is 30.6 Å². The highest BCUT2D eigenvalue weighted by Crippen LogP contribution is 2.44. The first-order valence-corrected chi connectivity index (χ1v) is 5.10. The van der Waals surface area contributed by atoms with E-state index in [9.17, 15) is 4.79 Å². The SMILES string of the molecule is COC1CC2C(CC(=O)O)CCC2O1. The van der Waals surface area contributed by atoms with Crippen molar-refractivity contribution < 1.29 is 19.4 Å². The third-order valence-electron chi connectivity index (χ3n) is 3.40. The van der Waals surface area contributed by atoms with Crippen molar-refractivity contribution in [1.29, 1.82) is 0 Å². The number of carbonyl (C=O) groups is 1. The molecule has 4 atom stereocenters. The summed E-state index contributed by atoms with van der Waals surface area (Å²) in [5.74, 6) is -0.00906. The zero-order valence-corrected chi connectivity index (χ0v) is 8.31. The van der Waals surface area contributed by atoms with E-state index in [4.69, 9.17) is 14.6 Å². The zero-order chi connectivity index (χ0) is 10.1. The van der Waals surface area contributed by atoms with Crippen LogP contribution in [0, 0.1) is 11.8 Å². The minimum Gasteiger partial charge on any atom is -0.481 e. The Morgan fingerprint density at radius 1 is 1.57 bits per heavy atom. The number of methoxy groups -OCH3 is 1. The van der Waals surface area contributed by atoms with Crippen molar-refractivity contribution in [2.45, 2.75) is 38.1 Å². The van der Waals surface area contributed by atoms with Crippen molar-refractivity contribution in [1.82, 2.24) is 0 Å². The molecule has 0 aromatic heterocycles. The molecule has 2 rings (SSSR count). The number of rotatable bonds is 3. The van der Waals surface area contributed by atoms with Crippen LogP contribution in [0.25, 0.3) is 0 Å². The van der Waals surface area contributed by atoms with E-state index >= 15 is 0 Å². The molecule has 1 N–H and O–H groups in total. The summed E-state index contributed by atoms with van der Waals surface area (Å²) < 4.78 is 10.8. The van der Waals surface area contributed by atoms with Crippen molar-refractivity contribution in [3.05, 3.63) is 0 Å². The van der Waals surface area contributed by atoms with E-state index in [0.717, 1.165) is 19.3 Å². The van der Waals surface area contributed by atoms with Crippen molar-refractivity contribution in [3.63, 3.8) is 0 Å². The Hall–Kier alpha value is -0.610. The van der Waals surface area contributed by atoms with Crippen LogP contribution in [0.15, 0.2) is 0 Å². The van der Waals surface area contributed by atoms with Crippen molar-refractivity contribution in [2.75, 3.05) is 7.11 Å².